The Balaban J connectivity index is 1.22. The maximum absolute atomic E-state index is 2.46. The van der Waals surface area contributed by atoms with Crippen LogP contribution in [-0.2, 0) is 0 Å². The Morgan fingerprint density at radius 3 is 1.40 bits per heavy atom. The summed E-state index contributed by atoms with van der Waals surface area (Å²) in [7, 11) is 0. The molecule has 1 aromatic carbocycles. The molecule has 0 saturated heterocycles. The van der Waals surface area contributed by atoms with Crippen LogP contribution in [0.25, 0.3) is 0 Å². The Morgan fingerprint density at radius 2 is 0.920 bits per heavy atom. The van der Waals surface area contributed by atoms with Crippen molar-refractivity contribution in [1.82, 2.24) is 0 Å². The Labute approximate surface area is 155 Å². The molecule has 0 atom stereocenters. The predicted molar refractivity (Wildman–Crippen MR) is 108 cm³/mol. The van der Waals surface area contributed by atoms with E-state index in [9.17, 15) is 0 Å². The molecule has 0 radical (unpaired) electrons. The van der Waals surface area contributed by atoms with Crippen molar-refractivity contribution in [2.45, 2.75) is 89.9 Å². The second-order valence-corrected chi connectivity index (χ2v) is 9.72. The second kappa shape index (κ2) is 8.28. The first-order chi connectivity index (χ1) is 12.3. The standard InChI is InChI=1S/C25H38/c1-19-7-9-21(10-8-19)23-15-17-25(18-16-23)24-13-11-22(12-14-24)20-5-3-2-4-6-20/h2-6,19,21-25H,7-18H2,1H3. The van der Waals surface area contributed by atoms with Gasteiger partial charge in [0.1, 0.15) is 0 Å². The summed E-state index contributed by atoms with van der Waals surface area (Å²) in [6, 6.07) is 11.3. The van der Waals surface area contributed by atoms with Crippen molar-refractivity contribution in [1.29, 1.82) is 0 Å². The van der Waals surface area contributed by atoms with Gasteiger partial charge in [-0.15, -0.1) is 0 Å². The molecule has 3 saturated carbocycles. The van der Waals surface area contributed by atoms with E-state index in [1.165, 1.54) is 38.5 Å². The molecule has 3 aliphatic carbocycles. The summed E-state index contributed by atoms with van der Waals surface area (Å²) in [5.74, 6) is 6.14. The lowest BCUT2D eigenvalue weighted by Crippen LogP contribution is -2.29. The summed E-state index contributed by atoms with van der Waals surface area (Å²) in [5, 5.41) is 0. The summed E-state index contributed by atoms with van der Waals surface area (Å²) >= 11 is 0. The molecule has 25 heavy (non-hydrogen) atoms. The van der Waals surface area contributed by atoms with E-state index in [2.05, 4.69) is 37.3 Å². The van der Waals surface area contributed by atoms with Gasteiger partial charge in [0.2, 0.25) is 0 Å². The van der Waals surface area contributed by atoms with Crippen LogP contribution in [0.5, 0.6) is 0 Å². The summed E-state index contributed by atoms with van der Waals surface area (Å²) in [5.41, 5.74) is 1.59. The lowest BCUT2D eigenvalue weighted by atomic mass is 9.65. The highest BCUT2D eigenvalue weighted by Gasteiger charge is 2.34. The SMILES string of the molecule is CC1CCC(C2CCC(C3CCC(c4ccccc4)CC3)CC2)CC1. The molecular weight excluding hydrogens is 300 g/mol. The van der Waals surface area contributed by atoms with E-state index < -0.39 is 0 Å². The molecule has 0 aliphatic heterocycles. The number of benzene rings is 1. The molecule has 0 bridgehead atoms. The maximum Gasteiger partial charge on any atom is -0.0162 e. The molecule has 0 N–H and O–H groups in total. The molecule has 138 valence electrons. The fourth-order valence-electron chi connectivity index (χ4n) is 6.49. The van der Waals surface area contributed by atoms with E-state index in [1.54, 1.807) is 44.1 Å². The fraction of sp³-hybridized carbons (Fsp3) is 0.760. The number of rotatable bonds is 3. The molecule has 3 fully saturated rings. The largest absolute Gasteiger partial charge is 0.0625 e. The van der Waals surface area contributed by atoms with E-state index in [4.69, 9.17) is 0 Å². The molecule has 0 aromatic heterocycles. The quantitative estimate of drug-likeness (QED) is 0.532. The van der Waals surface area contributed by atoms with Crippen LogP contribution in [0.2, 0.25) is 0 Å². The van der Waals surface area contributed by atoms with Gasteiger partial charge in [0.05, 0.1) is 0 Å². The van der Waals surface area contributed by atoms with Crippen LogP contribution in [-0.4, -0.2) is 0 Å². The first kappa shape index (κ1) is 17.6. The van der Waals surface area contributed by atoms with Crippen molar-refractivity contribution in [3.8, 4) is 0 Å². The normalized spacial score (nSPS) is 39.9. The van der Waals surface area contributed by atoms with Gasteiger partial charge in [0.15, 0.2) is 0 Å². The van der Waals surface area contributed by atoms with Crippen LogP contribution in [0.1, 0.15) is 95.5 Å². The Morgan fingerprint density at radius 1 is 0.520 bits per heavy atom. The van der Waals surface area contributed by atoms with Crippen LogP contribution in [0, 0.1) is 29.6 Å². The van der Waals surface area contributed by atoms with Gasteiger partial charge in [-0.1, -0.05) is 50.1 Å². The first-order valence-electron chi connectivity index (χ1n) is 11.3. The number of hydrogen-bond donors (Lipinski definition) is 0. The molecule has 0 unspecified atom stereocenters. The minimum atomic E-state index is 0.845. The number of hydrogen-bond acceptors (Lipinski definition) is 0. The molecule has 0 heterocycles. The van der Waals surface area contributed by atoms with Gasteiger partial charge in [0.25, 0.3) is 0 Å². The Hall–Kier alpha value is -0.780. The first-order valence-corrected chi connectivity index (χ1v) is 11.3. The smallest absolute Gasteiger partial charge is 0.0162 e. The third-order valence-corrected chi connectivity index (χ3v) is 8.25. The minimum absolute atomic E-state index is 0.845. The van der Waals surface area contributed by atoms with Crippen molar-refractivity contribution in [3.05, 3.63) is 35.9 Å². The molecule has 0 spiro atoms. The van der Waals surface area contributed by atoms with Crippen molar-refractivity contribution in [2.24, 2.45) is 29.6 Å². The lowest BCUT2D eigenvalue weighted by molar-refractivity contribution is 0.112. The minimum Gasteiger partial charge on any atom is -0.0625 e. The molecule has 1 aromatic rings. The fourth-order valence-corrected chi connectivity index (χ4v) is 6.49. The van der Waals surface area contributed by atoms with Crippen LogP contribution >= 0.6 is 0 Å². The van der Waals surface area contributed by atoms with Gasteiger partial charge >= 0.3 is 0 Å². The third kappa shape index (κ3) is 4.32. The van der Waals surface area contributed by atoms with Crippen molar-refractivity contribution in [2.75, 3.05) is 0 Å². The molecule has 0 nitrogen and oxygen atoms in total. The van der Waals surface area contributed by atoms with Gasteiger partial charge in [-0.3, -0.25) is 0 Å². The van der Waals surface area contributed by atoms with Crippen molar-refractivity contribution < 1.29 is 0 Å². The van der Waals surface area contributed by atoms with E-state index in [-0.39, 0.29) is 0 Å². The predicted octanol–water partition coefficient (Wildman–Crippen LogP) is 7.59. The van der Waals surface area contributed by atoms with Gasteiger partial charge in [-0.2, -0.15) is 0 Å². The summed E-state index contributed by atoms with van der Waals surface area (Å²) < 4.78 is 0. The zero-order chi connectivity index (χ0) is 17.1. The average Bonchev–Trinajstić information content (AvgIpc) is 2.70. The maximum atomic E-state index is 2.46. The van der Waals surface area contributed by atoms with Crippen LogP contribution in [0.4, 0.5) is 0 Å². The van der Waals surface area contributed by atoms with E-state index in [1.807, 2.05) is 0 Å². The summed E-state index contributed by atoms with van der Waals surface area (Å²) in [6.07, 6.45) is 18.2. The third-order valence-electron chi connectivity index (χ3n) is 8.25. The van der Waals surface area contributed by atoms with Crippen LogP contribution in [0.3, 0.4) is 0 Å². The summed E-state index contributed by atoms with van der Waals surface area (Å²) in [4.78, 5) is 0. The van der Waals surface area contributed by atoms with Gasteiger partial charge in [-0.25, -0.2) is 0 Å². The van der Waals surface area contributed by atoms with Crippen LogP contribution < -0.4 is 0 Å². The zero-order valence-corrected chi connectivity index (χ0v) is 16.3. The second-order valence-electron chi connectivity index (χ2n) is 9.72. The highest BCUT2D eigenvalue weighted by Crippen LogP contribution is 2.47. The van der Waals surface area contributed by atoms with E-state index in [0.717, 1.165) is 35.5 Å². The summed E-state index contributed by atoms with van der Waals surface area (Å²) in [6.45, 7) is 2.46. The average molecular weight is 339 g/mol. The van der Waals surface area contributed by atoms with Gasteiger partial charge < -0.3 is 0 Å². The molecule has 0 heteroatoms. The van der Waals surface area contributed by atoms with Crippen molar-refractivity contribution in [3.63, 3.8) is 0 Å². The topological polar surface area (TPSA) is 0 Å². The molecular formula is C25H38. The van der Waals surface area contributed by atoms with Crippen LogP contribution in [0.15, 0.2) is 30.3 Å². The van der Waals surface area contributed by atoms with Crippen molar-refractivity contribution >= 4 is 0 Å². The lowest BCUT2D eigenvalue weighted by Gasteiger charge is -2.41. The zero-order valence-electron chi connectivity index (χ0n) is 16.3. The Kier molecular flexibility index (Phi) is 5.83. The van der Waals surface area contributed by atoms with Gasteiger partial charge in [0, 0.05) is 0 Å². The monoisotopic (exact) mass is 338 g/mol. The van der Waals surface area contributed by atoms with Gasteiger partial charge in [-0.05, 0) is 105 Å². The van der Waals surface area contributed by atoms with E-state index >= 15 is 0 Å². The van der Waals surface area contributed by atoms with E-state index in [0.29, 0.717) is 0 Å². The molecule has 4 rings (SSSR count). The highest BCUT2D eigenvalue weighted by atomic mass is 14.4. The molecule has 0 amide bonds. The Bertz CT molecular complexity index is 494. The highest BCUT2D eigenvalue weighted by molar-refractivity contribution is 5.19. The molecule has 3 aliphatic rings.